The van der Waals surface area contributed by atoms with Crippen molar-refractivity contribution in [1.29, 1.82) is 0 Å². The van der Waals surface area contributed by atoms with Crippen molar-refractivity contribution >= 4 is 49.8 Å². The Kier molecular flexibility index (Phi) is 6.56. The van der Waals surface area contributed by atoms with Crippen molar-refractivity contribution in [2.75, 3.05) is 4.90 Å². The summed E-state index contributed by atoms with van der Waals surface area (Å²) in [6.45, 7) is 4.70. The molecule has 0 saturated heterocycles. The Morgan fingerprint density at radius 3 is 1.98 bits per heavy atom. The lowest BCUT2D eigenvalue weighted by Gasteiger charge is -2.30. The summed E-state index contributed by atoms with van der Waals surface area (Å²) >= 11 is 0. The van der Waals surface area contributed by atoms with Crippen molar-refractivity contribution in [3.8, 4) is 33.4 Å². The van der Waals surface area contributed by atoms with Crippen molar-refractivity contribution in [2.45, 2.75) is 19.3 Å². The molecule has 0 spiro atoms. The summed E-state index contributed by atoms with van der Waals surface area (Å²) in [4.78, 5) is 2.42. The van der Waals surface area contributed by atoms with Gasteiger partial charge in [0.05, 0.1) is 5.69 Å². The molecule has 1 aliphatic carbocycles. The molecule has 9 aromatic rings. The summed E-state index contributed by atoms with van der Waals surface area (Å²) in [6, 6.07) is 63.7. The Labute approximate surface area is 297 Å². The maximum atomic E-state index is 6.81. The largest absolute Gasteiger partial charge is 0.455 e. The highest BCUT2D eigenvalue weighted by Gasteiger charge is 2.36. The van der Waals surface area contributed by atoms with Gasteiger partial charge in [0, 0.05) is 33.1 Å². The van der Waals surface area contributed by atoms with Crippen molar-refractivity contribution < 1.29 is 4.42 Å². The fourth-order valence-corrected chi connectivity index (χ4v) is 8.28. The normalized spacial score (nSPS) is 13.1. The van der Waals surface area contributed by atoms with E-state index in [1.165, 1.54) is 44.2 Å². The van der Waals surface area contributed by atoms with Crippen LogP contribution in [0.25, 0.3) is 66.1 Å². The lowest BCUT2D eigenvalue weighted by molar-refractivity contribution is 0.660. The lowest BCUT2D eigenvalue weighted by atomic mass is 9.82. The maximum Gasteiger partial charge on any atom is 0.145 e. The van der Waals surface area contributed by atoms with Gasteiger partial charge in [0.1, 0.15) is 11.2 Å². The Hall–Kier alpha value is -6.38. The zero-order chi connectivity index (χ0) is 34.1. The molecule has 2 heteroatoms. The van der Waals surface area contributed by atoms with Crippen LogP contribution in [0.2, 0.25) is 0 Å². The number of fused-ring (bicyclic) bond motifs is 7. The second-order valence-electron chi connectivity index (χ2n) is 14.1. The van der Waals surface area contributed by atoms with Crippen molar-refractivity contribution in [2.24, 2.45) is 0 Å². The molecule has 0 amide bonds. The van der Waals surface area contributed by atoms with Crippen LogP contribution in [0.1, 0.15) is 25.0 Å². The molecular weight excluding hydrogens is 619 g/mol. The topological polar surface area (TPSA) is 16.4 Å². The molecule has 0 fully saturated rings. The molecule has 10 rings (SSSR count). The molecule has 1 aliphatic rings. The third kappa shape index (κ3) is 4.64. The number of nitrogens with zero attached hydrogens (tertiary/aromatic N) is 1. The first-order valence-electron chi connectivity index (χ1n) is 17.7. The highest BCUT2D eigenvalue weighted by atomic mass is 16.3. The number of hydrogen-bond donors (Lipinski definition) is 0. The number of hydrogen-bond acceptors (Lipinski definition) is 2. The van der Waals surface area contributed by atoms with Gasteiger partial charge in [-0.15, -0.1) is 0 Å². The summed E-state index contributed by atoms with van der Waals surface area (Å²) in [5, 5.41) is 4.65. The molecular formula is C49H35NO. The van der Waals surface area contributed by atoms with Crippen LogP contribution in [0, 0.1) is 0 Å². The number of anilines is 3. The standard InChI is InChI=1S/C49H35NO/c1-49(2)43-18-10-8-16-39(43)40-27-26-38(31-44(40)49)50(37-24-22-34(23-25-37)32-12-4-3-5-13-32)45-29-28-42-41-17-9-11-19-46(41)51-48(42)47(45)36-21-20-33-14-6-7-15-35(33)30-36/h3-31H,1-2H3. The number of para-hydroxylation sites is 1. The zero-order valence-corrected chi connectivity index (χ0v) is 28.6. The van der Waals surface area contributed by atoms with E-state index in [1.54, 1.807) is 0 Å². The van der Waals surface area contributed by atoms with Gasteiger partial charge in [0.25, 0.3) is 0 Å². The fraction of sp³-hybridized carbons (Fsp3) is 0.0612. The van der Waals surface area contributed by atoms with Crippen LogP contribution in [-0.2, 0) is 5.41 Å². The highest BCUT2D eigenvalue weighted by molar-refractivity contribution is 6.13. The molecule has 242 valence electrons. The molecule has 1 aromatic heterocycles. The molecule has 0 unspecified atom stereocenters. The summed E-state index contributed by atoms with van der Waals surface area (Å²) in [6.07, 6.45) is 0. The van der Waals surface area contributed by atoms with Gasteiger partial charge >= 0.3 is 0 Å². The molecule has 1 heterocycles. The van der Waals surface area contributed by atoms with Crippen molar-refractivity contribution in [3.63, 3.8) is 0 Å². The van der Waals surface area contributed by atoms with E-state index in [1.807, 2.05) is 6.07 Å². The first-order valence-corrected chi connectivity index (χ1v) is 17.7. The van der Waals surface area contributed by atoms with E-state index in [-0.39, 0.29) is 5.41 Å². The minimum Gasteiger partial charge on any atom is -0.455 e. The molecule has 0 radical (unpaired) electrons. The SMILES string of the molecule is CC1(C)c2ccccc2-c2ccc(N(c3ccc(-c4ccccc4)cc3)c3ccc4c(oc5ccccc54)c3-c3ccc4ccccc4c3)cc21. The third-order valence-electron chi connectivity index (χ3n) is 10.9. The smallest absolute Gasteiger partial charge is 0.145 e. The summed E-state index contributed by atoms with van der Waals surface area (Å²) in [7, 11) is 0. The Morgan fingerprint density at radius 2 is 1.12 bits per heavy atom. The van der Waals surface area contributed by atoms with Crippen LogP contribution in [0.3, 0.4) is 0 Å². The van der Waals surface area contributed by atoms with Crippen LogP contribution >= 0.6 is 0 Å². The maximum absolute atomic E-state index is 6.81. The molecule has 8 aromatic carbocycles. The van der Waals surface area contributed by atoms with E-state index in [9.17, 15) is 0 Å². The van der Waals surface area contributed by atoms with E-state index < -0.39 is 0 Å². The number of furan rings is 1. The molecule has 0 saturated carbocycles. The van der Waals surface area contributed by atoms with Gasteiger partial charge in [-0.1, -0.05) is 141 Å². The van der Waals surface area contributed by atoms with E-state index in [0.29, 0.717) is 0 Å². The second kappa shape index (κ2) is 11.3. The molecule has 0 aliphatic heterocycles. The van der Waals surface area contributed by atoms with Crippen LogP contribution in [0.5, 0.6) is 0 Å². The number of rotatable bonds is 5. The van der Waals surface area contributed by atoms with E-state index in [2.05, 4.69) is 189 Å². The first-order chi connectivity index (χ1) is 25.0. The zero-order valence-electron chi connectivity index (χ0n) is 28.6. The third-order valence-corrected chi connectivity index (χ3v) is 10.9. The minimum absolute atomic E-state index is 0.130. The Balaban J connectivity index is 1.25. The van der Waals surface area contributed by atoms with Crippen LogP contribution in [0.4, 0.5) is 17.1 Å². The van der Waals surface area contributed by atoms with E-state index in [4.69, 9.17) is 4.42 Å². The molecule has 0 atom stereocenters. The Bertz CT molecular complexity index is 2770. The second-order valence-corrected chi connectivity index (χ2v) is 14.1. The summed E-state index contributed by atoms with van der Waals surface area (Å²) in [5.74, 6) is 0. The molecule has 2 nitrogen and oxygen atoms in total. The average Bonchev–Trinajstić information content (AvgIpc) is 3.67. The van der Waals surface area contributed by atoms with Gasteiger partial charge in [-0.2, -0.15) is 0 Å². The molecule has 0 bridgehead atoms. The van der Waals surface area contributed by atoms with Crippen LogP contribution in [-0.4, -0.2) is 0 Å². The van der Waals surface area contributed by atoms with E-state index in [0.717, 1.165) is 50.1 Å². The van der Waals surface area contributed by atoms with Crippen LogP contribution in [0.15, 0.2) is 180 Å². The quantitative estimate of drug-likeness (QED) is 0.184. The first kappa shape index (κ1) is 29.5. The van der Waals surface area contributed by atoms with Crippen molar-refractivity contribution in [1.82, 2.24) is 0 Å². The molecule has 51 heavy (non-hydrogen) atoms. The average molecular weight is 654 g/mol. The summed E-state index contributed by atoms with van der Waals surface area (Å²) < 4.78 is 6.81. The fourth-order valence-electron chi connectivity index (χ4n) is 8.28. The van der Waals surface area contributed by atoms with E-state index >= 15 is 0 Å². The predicted octanol–water partition coefficient (Wildman–Crippen LogP) is 13.8. The van der Waals surface area contributed by atoms with Gasteiger partial charge < -0.3 is 9.32 Å². The highest BCUT2D eigenvalue weighted by Crippen LogP contribution is 2.52. The lowest BCUT2D eigenvalue weighted by Crippen LogP contribution is -2.17. The Morgan fingerprint density at radius 1 is 0.451 bits per heavy atom. The minimum atomic E-state index is -0.130. The monoisotopic (exact) mass is 653 g/mol. The van der Waals surface area contributed by atoms with Gasteiger partial charge in [-0.05, 0) is 98.2 Å². The molecule has 0 N–H and O–H groups in total. The predicted molar refractivity (Wildman–Crippen MR) is 214 cm³/mol. The van der Waals surface area contributed by atoms with Crippen LogP contribution < -0.4 is 4.90 Å². The summed E-state index contributed by atoms with van der Waals surface area (Å²) in [5.41, 5.74) is 14.8. The van der Waals surface area contributed by atoms with Gasteiger partial charge in [0.15, 0.2) is 0 Å². The van der Waals surface area contributed by atoms with Gasteiger partial charge in [0.2, 0.25) is 0 Å². The van der Waals surface area contributed by atoms with Gasteiger partial charge in [-0.25, -0.2) is 0 Å². The number of benzene rings is 8. The van der Waals surface area contributed by atoms with Gasteiger partial charge in [-0.3, -0.25) is 0 Å². The van der Waals surface area contributed by atoms with Crippen molar-refractivity contribution in [3.05, 3.63) is 187 Å².